The Balaban J connectivity index is 1.12. The second kappa shape index (κ2) is 11.3. The summed E-state index contributed by atoms with van der Waals surface area (Å²) in [6, 6.07) is 61.9. The third kappa shape index (κ3) is 4.73. The van der Waals surface area contributed by atoms with E-state index in [0.717, 1.165) is 17.1 Å². The van der Waals surface area contributed by atoms with Gasteiger partial charge in [-0.15, -0.1) is 0 Å². The molecule has 0 aliphatic rings. The topological polar surface area (TPSA) is 8.17 Å². The molecule has 228 valence electrons. The van der Waals surface area contributed by atoms with Crippen LogP contribution in [0.2, 0.25) is 0 Å². The van der Waals surface area contributed by atoms with Gasteiger partial charge in [-0.05, 0) is 119 Å². The van der Waals surface area contributed by atoms with Crippen LogP contribution < -0.4 is 4.90 Å². The molecule has 0 fully saturated rings. The Kier molecular flexibility index (Phi) is 6.62. The summed E-state index contributed by atoms with van der Waals surface area (Å²) in [5, 5.41) is 5.24. The van der Waals surface area contributed by atoms with E-state index in [2.05, 4.69) is 193 Å². The lowest BCUT2D eigenvalue weighted by Gasteiger charge is -2.27. The van der Waals surface area contributed by atoms with Crippen molar-refractivity contribution < 1.29 is 0 Å². The summed E-state index contributed by atoms with van der Waals surface area (Å²) in [6.45, 7) is 4.34. The SMILES string of the molecule is Cc1cc(C)cc(N(c2ccc(-c3ccccc3)cc2)c2cccc(-c3ccc(-n4c5cccc6ccc7cccc4c7c65)cc3)c2)c1. The van der Waals surface area contributed by atoms with Crippen molar-refractivity contribution >= 4 is 49.6 Å². The summed E-state index contributed by atoms with van der Waals surface area (Å²) in [5.41, 5.74) is 14.4. The van der Waals surface area contributed by atoms with Crippen molar-refractivity contribution in [3.63, 3.8) is 0 Å². The fraction of sp³-hybridized carbons (Fsp3) is 0.0435. The van der Waals surface area contributed by atoms with Gasteiger partial charge >= 0.3 is 0 Å². The van der Waals surface area contributed by atoms with E-state index in [1.165, 1.54) is 71.6 Å². The van der Waals surface area contributed by atoms with Gasteiger partial charge in [-0.3, -0.25) is 0 Å². The lowest BCUT2D eigenvalue weighted by Crippen LogP contribution is -2.10. The molecular weight excluding hydrogens is 581 g/mol. The molecule has 0 atom stereocenters. The lowest BCUT2D eigenvalue weighted by atomic mass is 10.0. The Morgan fingerprint density at radius 3 is 1.56 bits per heavy atom. The summed E-state index contributed by atoms with van der Waals surface area (Å²) in [6.07, 6.45) is 0. The fourth-order valence-corrected chi connectivity index (χ4v) is 7.49. The highest BCUT2D eigenvalue weighted by Crippen LogP contribution is 2.40. The van der Waals surface area contributed by atoms with Gasteiger partial charge in [0.1, 0.15) is 0 Å². The first-order chi connectivity index (χ1) is 23.6. The van der Waals surface area contributed by atoms with Crippen LogP contribution in [-0.4, -0.2) is 4.57 Å². The smallest absolute Gasteiger partial charge is 0.0547 e. The summed E-state index contributed by atoms with van der Waals surface area (Å²) in [7, 11) is 0. The van der Waals surface area contributed by atoms with Crippen molar-refractivity contribution in [2.24, 2.45) is 0 Å². The molecule has 0 bridgehead atoms. The zero-order valence-corrected chi connectivity index (χ0v) is 27.1. The largest absolute Gasteiger partial charge is 0.310 e. The summed E-state index contributed by atoms with van der Waals surface area (Å²) in [5.74, 6) is 0. The Morgan fingerprint density at radius 2 is 0.917 bits per heavy atom. The average molecular weight is 615 g/mol. The first-order valence-electron chi connectivity index (χ1n) is 16.6. The van der Waals surface area contributed by atoms with Crippen molar-refractivity contribution in [3.8, 4) is 27.9 Å². The van der Waals surface area contributed by atoms with Crippen molar-refractivity contribution in [1.29, 1.82) is 0 Å². The molecule has 2 heteroatoms. The maximum Gasteiger partial charge on any atom is 0.0547 e. The normalized spacial score (nSPS) is 11.5. The van der Waals surface area contributed by atoms with Gasteiger partial charge in [-0.2, -0.15) is 0 Å². The van der Waals surface area contributed by atoms with Crippen LogP contribution in [0.15, 0.2) is 170 Å². The fourth-order valence-electron chi connectivity index (χ4n) is 7.49. The highest BCUT2D eigenvalue weighted by Gasteiger charge is 2.17. The van der Waals surface area contributed by atoms with Gasteiger partial charge in [-0.25, -0.2) is 0 Å². The molecule has 48 heavy (non-hydrogen) atoms. The molecule has 0 saturated carbocycles. The predicted octanol–water partition coefficient (Wildman–Crippen LogP) is 12.8. The number of hydrogen-bond acceptors (Lipinski definition) is 1. The average Bonchev–Trinajstić information content (AvgIpc) is 3.47. The molecule has 0 spiro atoms. The van der Waals surface area contributed by atoms with Gasteiger partial charge in [0.05, 0.1) is 11.0 Å². The molecule has 0 saturated heterocycles. The minimum absolute atomic E-state index is 1.13. The summed E-state index contributed by atoms with van der Waals surface area (Å²) in [4.78, 5) is 2.37. The molecule has 0 aliphatic heterocycles. The predicted molar refractivity (Wildman–Crippen MR) is 205 cm³/mol. The molecule has 0 N–H and O–H groups in total. The minimum Gasteiger partial charge on any atom is -0.310 e. The molecule has 0 unspecified atom stereocenters. The first-order valence-corrected chi connectivity index (χ1v) is 16.6. The molecule has 2 nitrogen and oxygen atoms in total. The van der Waals surface area contributed by atoms with E-state index in [9.17, 15) is 0 Å². The van der Waals surface area contributed by atoms with Crippen LogP contribution in [-0.2, 0) is 0 Å². The van der Waals surface area contributed by atoms with E-state index >= 15 is 0 Å². The van der Waals surface area contributed by atoms with Crippen LogP contribution in [0.3, 0.4) is 0 Å². The zero-order chi connectivity index (χ0) is 32.2. The van der Waals surface area contributed by atoms with Crippen LogP contribution in [0.4, 0.5) is 17.1 Å². The highest BCUT2D eigenvalue weighted by molar-refractivity contribution is 6.24. The molecule has 9 aromatic rings. The van der Waals surface area contributed by atoms with Gasteiger partial charge in [-0.1, -0.05) is 109 Å². The number of aromatic nitrogens is 1. The summed E-state index contributed by atoms with van der Waals surface area (Å²) >= 11 is 0. The maximum absolute atomic E-state index is 2.41. The Hall–Kier alpha value is -6.12. The van der Waals surface area contributed by atoms with Crippen LogP contribution >= 0.6 is 0 Å². The number of anilines is 3. The van der Waals surface area contributed by atoms with Crippen LogP contribution in [0.5, 0.6) is 0 Å². The molecular formula is C46H34N2. The van der Waals surface area contributed by atoms with Gasteiger partial charge in [0, 0.05) is 33.5 Å². The van der Waals surface area contributed by atoms with E-state index in [1.54, 1.807) is 0 Å². The van der Waals surface area contributed by atoms with E-state index in [-0.39, 0.29) is 0 Å². The minimum atomic E-state index is 1.13. The summed E-state index contributed by atoms with van der Waals surface area (Å²) < 4.78 is 2.41. The van der Waals surface area contributed by atoms with Crippen LogP contribution in [0.25, 0.3) is 60.5 Å². The van der Waals surface area contributed by atoms with E-state index in [1.807, 2.05) is 0 Å². The number of hydrogen-bond donors (Lipinski definition) is 0. The number of nitrogens with zero attached hydrogens (tertiary/aromatic N) is 2. The van der Waals surface area contributed by atoms with Gasteiger partial charge in [0.2, 0.25) is 0 Å². The zero-order valence-electron chi connectivity index (χ0n) is 27.1. The maximum atomic E-state index is 2.41. The Labute approximate surface area is 281 Å². The van der Waals surface area contributed by atoms with Crippen LogP contribution in [0.1, 0.15) is 11.1 Å². The molecule has 0 radical (unpaired) electrons. The number of aryl methyl sites for hydroxylation is 2. The molecule has 0 aliphatic carbocycles. The van der Waals surface area contributed by atoms with E-state index in [4.69, 9.17) is 0 Å². The van der Waals surface area contributed by atoms with Crippen molar-refractivity contribution in [3.05, 3.63) is 181 Å². The van der Waals surface area contributed by atoms with E-state index < -0.39 is 0 Å². The van der Waals surface area contributed by atoms with Gasteiger partial charge < -0.3 is 9.47 Å². The number of rotatable bonds is 6. The first kappa shape index (κ1) is 28.1. The third-order valence-electron chi connectivity index (χ3n) is 9.58. The van der Waals surface area contributed by atoms with Gasteiger partial charge in [0.15, 0.2) is 0 Å². The lowest BCUT2D eigenvalue weighted by molar-refractivity contribution is 1.18. The highest BCUT2D eigenvalue weighted by atomic mass is 15.1. The molecule has 0 amide bonds. The van der Waals surface area contributed by atoms with Crippen molar-refractivity contribution in [2.45, 2.75) is 13.8 Å². The quantitative estimate of drug-likeness (QED) is 0.169. The van der Waals surface area contributed by atoms with Gasteiger partial charge in [0.25, 0.3) is 0 Å². The number of benzene rings is 8. The van der Waals surface area contributed by atoms with E-state index in [0.29, 0.717) is 0 Å². The van der Waals surface area contributed by atoms with Crippen molar-refractivity contribution in [1.82, 2.24) is 4.57 Å². The Morgan fingerprint density at radius 1 is 0.375 bits per heavy atom. The second-order valence-corrected chi connectivity index (χ2v) is 12.8. The third-order valence-corrected chi connectivity index (χ3v) is 9.58. The van der Waals surface area contributed by atoms with Crippen molar-refractivity contribution in [2.75, 3.05) is 4.90 Å². The molecule has 9 rings (SSSR count). The molecule has 1 heterocycles. The second-order valence-electron chi connectivity index (χ2n) is 12.8. The monoisotopic (exact) mass is 614 g/mol. The van der Waals surface area contributed by atoms with Crippen LogP contribution in [0, 0.1) is 13.8 Å². The Bertz CT molecular complexity index is 2470. The molecule has 1 aromatic heterocycles. The molecule has 8 aromatic carbocycles. The standard InChI is InChI=1S/C46H34N2/c1-31-27-32(2)29-42(28-31)47(39-23-19-34(20-24-39)33-9-4-3-5-10-33)41-14-6-13-38(30-41)35-21-25-40(26-22-35)48-43-15-7-11-36-17-18-37-12-8-16-44(48)46(37)45(36)43/h3-30H,1-2H3.